The maximum atomic E-state index is 12.2. The fourth-order valence-corrected chi connectivity index (χ4v) is 4.71. The number of carbonyl (C=O) groups is 1. The summed E-state index contributed by atoms with van der Waals surface area (Å²) in [6.07, 6.45) is 39.3. The molecule has 4 nitrogen and oxygen atoms in total. The molecule has 0 spiro atoms. The third-order valence-electron chi connectivity index (χ3n) is 7.35. The molecule has 0 saturated heterocycles. The molecule has 1 amide bonds. The number of carbonyl (C=O) groups excluding carboxylic acids is 1. The molecule has 2 atom stereocenters. The largest absolute Gasteiger partial charge is 0.394 e. The van der Waals surface area contributed by atoms with Crippen LogP contribution in [0, 0.1) is 0 Å². The first-order chi connectivity index (χ1) is 19.2. The molecule has 0 rings (SSSR count). The Morgan fingerprint density at radius 1 is 0.590 bits per heavy atom. The molecule has 39 heavy (non-hydrogen) atoms. The maximum absolute atomic E-state index is 12.2. The van der Waals surface area contributed by atoms with Crippen molar-refractivity contribution in [3.63, 3.8) is 0 Å². The van der Waals surface area contributed by atoms with E-state index in [1.165, 1.54) is 96.3 Å². The van der Waals surface area contributed by atoms with Gasteiger partial charge in [0.15, 0.2) is 0 Å². The first-order valence-electron chi connectivity index (χ1n) is 16.7. The van der Waals surface area contributed by atoms with Gasteiger partial charge in [-0.1, -0.05) is 134 Å². The highest BCUT2D eigenvalue weighted by molar-refractivity contribution is 5.76. The zero-order valence-electron chi connectivity index (χ0n) is 25.9. The van der Waals surface area contributed by atoms with Crippen molar-refractivity contribution < 1.29 is 15.0 Å². The van der Waals surface area contributed by atoms with Crippen LogP contribution in [-0.2, 0) is 4.79 Å². The van der Waals surface area contributed by atoms with E-state index >= 15 is 0 Å². The highest BCUT2D eigenvalue weighted by Gasteiger charge is 2.17. The van der Waals surface area contributed by atoms with Crippen LogP contribution in [0.15, 0.2) is 36.5 Å². The summed E-state index contributed by atoms with van der Waals surface area (Å²) >= 11 is 0. The van der Waals surface area contributed by atoms with Crippen LogP contribution in [0.25, 0.3) is 0 Å². The van der Waals surface area contributed by atoms with Crippen LogP contribution < -0.4 is 5.32 Å². The Bertz CT molecular complexity index is 599. The van der Waals surface area contributed by atoms with Gasteiger partial charge in [0, 0.05) is 6.42 Å². The fraction of sp³-hybridized carbons (Fsp3) is 0.800. The summed E-state index contributed by atoms with van der Waals surface area (Å²) < 4.78 is 0. The van der Waals surface area contributed by atoms with Crippen molar-refractivity contribution in [2.75, 3.05) is 6.61 Å². The molecule has 0 aliphatic rings. The van der Waals surface area contributed by atoms with Gasteiger partial charge in [-0.3, -0.25) is 4.79 Å². The first-order valence-corrected chi connectivity index (χ1v) is 16.7. The summed E-state index contributed by atoms with van der Waals surface area (Å²) in [4.78, 5) is 12.2. The number of nitrogens with one attached hydrogen (secondary N) is 1. The lowest BCUT2D eigenvalue weighted by molar-refractivity contribution is -0.123. The van der Waals surface area contributed by atoms with E-state index in [0.717, 1.165) is 44.9 Å². The SMILES string of the molecule is CCCCCCC/C=C\CCCCCCCC(=O)NC(CO)C(O)/C=C/CC/C=C/CCCCCCCCC. The summed E-state index contributed by atoms with van der Waals surface area (Å²) in [7, 11) is 0. The van der Waals surface area contributed by atoms with Crippen LogP contribution >= 0.6 is 0 Å². The molecule has 0 aromatic heterocycles. The second kappa shape index (κ2) is 31.1. The number of rotatable bonds is 29. The topological polar surface area (TPSA) is 69.6 Å². The minimum absolute atomic E-state index is 0.0864. The van der Waals surface area contributed by atoms with Crippen molar-refractivity contribution in [2.24, 2.45) is 0 Å². The molecule has 0 aromatic rings. The molecular formula is C35H65NO3. The van der Waals surface area contributed by atoms with Gasteiger partial charge in [-0.2, -0.15) is 0 Å². The molecule has 0 aliphatic carbocycles. The van der Waals surface area contributed by atoms with Crippen molar-refractivity contribution in [3.8, 4) is 0 Å². The van der Waals surface area contributed by atoms with Crippen molar-refractivity contribution in [3.05, 3.63) is 36.5 Å². The molecule has 0 saturated carbocycles. The van der Waals surface area contributed by atoms with Crippen LogP contribution in [0.1, 0.15) is 162 Å². The predicted octanol–water partition coefficient (Wildman–Crippen LogP) is 9.51. The number of hydrogen-bond donors (Lipinski definition) is 3. The van der Waals surface area contributed by atoms with Crippen LogP contribution in [0.3, 0.4) is 0 Å². The minimum atomic E-state index is -0.861. The molecule has 228 valence electrons. The lowest BCUT2D eigenvalue weighted by Gasteiger charge is -2.19. The standard InChI is InChI=1S/C35H65NO3/c1-3-5-7-9-11-13-15-17-19-21-23-25-27-29-31-35(39)36-33(32-37)34(38)30-28-26-24-22-20-18-16-14-12-10-8-6-4-2/h15,17,20,22,28,30,33-34,37-38H,3-14,16,18-19,21,23-27,29,31-32H2,1-2H3,(H,36,39)/b17-15-,22-20+,30-28+. The Kier molecular flexibility index (Phi) is 30.0. The van der Waals surface area contributed by atoms with Gasteiger partial charge < -0.3 is 15.5 Å². The second-order valence-corrected chi connectivity index (χ2v) is 11.2. The number of amides is 1. The number of aliphatic hydroxyl groups is 2. The number of hydrogen-bond acceptors (Lipinski definition) is 3. The van der Waals surface area contributed by atoms with Crippen molar-refractivity contribution in [1.82, 2.24) is 5.32 Å². The Morgan fingerprint density at radius 2 is 1.00 bits per heavy atom. The minimum Gasteiger partial charge on any atom is -0.394 e. The molecule has 0 radical (unpaired) electrons. The summed E-state index contributed by atoms with van der Waals surface area (Å²) in [6.45, 7) is 4.25. The van der Waals surface area contributed by atoms with Gasteiger partial charge >= 0.3 is 0 Å². The van der Waals surface area contributed by atoms with E-state index in [0.29, 0.717) is 6.42 Å². The number of unbranched alkanes of at least 4 members (excludes halogenated alkanes) is 18. The Labute approximate surface area is 242 Å². The summed E-state index contributed by atoms with van der Waals surface area (Å²) in [5.41, 5.74) is 0. The van der Waals surface area contributed by atoms with E-state index in [4.69, 9.17) is 0 Å². The number of allylic oxidation sites excluding steroid dienone is 5. The molecule has 3 N–H and O–H groups in total. The average Bonchev–Trinajstić information content (AvgIpc) is 2.94. The van der Waals surface area contributed by atoms with E-state index in [-0.39, 0.29) is 12.5 Å². The Balaban J connectivity index is 3.73. The number of aliphatic hydroxyl groups excluding tert-OH is 2. The molecular weight excluding hydrogens is 482 g/mol. The van der Waals surface area contributed by atoms with Gasteiger partial charge in [0.05, 0.1) is 18.8 Å². The van der Waals surface area contributed by atoms with Gasteiger partial charge in [0.25, 0.3) is 0 Å². The van der Waals surface area contributed by atoms with E-state index < -0.39 is 12.1 Å². The first kappa shape index (κ1) is 37.6. The third kappa shape index (κ3) is 28.0. The smallest absolute Gasteiger partial charge is 0.220 e. The zero-order valence-corrected chi connectivity index (χ0v) is 25.9. The van der Waals surface area contributed by atoms with Gasteiger partial charge in [-0.25, -0.2) is 0 Å². The fourth-order valence-electron chi connectivity index (χ4n) is 4.71. The van der Waals surface area contributed by atoms with E-state index in [1.807, 2.05) is 6.08 Å². The van der Waals surface area contributed by atoms with Crippen LogP contribution in [0.4, 0.5) is 0 Å². The highest BCUT2D eigenvalue weighted by atomic mass is 16.3. The quantitative estimate of drug-likeness (QED) is 0.0645. The molecule has 0 aromatic carbocycles. The zero-order chi connectivity index (χ0) is 28.7. The lowest BCUT2D eigenvalue weighted by Crippen LogP contribution is -2.45. The normalized spacial score (nSPS) is 13.6. The summed E-state index contributed by atoms with van der Waals surface area (Å²) in [5.74, 6) is -0.0864. The predicted molar refractivity (Wildman–Crippen MR) is 170 cm³/mol. The van der Waals surface area contributed by atoms with Gasteiger partial charge in [0.1, 0.15) is 0 Å². The van der Waals surface area contributed by atoms with E-state index in [1.54, 1.807) is 6.08 Å². The van der Waals surface area contributed by atoms with Crippen LogP contribution in [0.5, 0.6) is 0 Å². The highest BCUT2D eigenvalue weighted by Crippen LogP contribution is 2.11. The van der Waals surface area contributed by atoms with Crippen molar-refractivity contribution in [2.45, 2.75) is 174 Å². The molecule has 0 aliphatic heterocycles. The molecule has 0 fully saturated rings. The molecule has 0 bridgehead atoms. The summed E-state index contributed by atoms with van der Waals surface area (Å²) in [5, 5.41) is 22.8. The van der Waals surface area contributed by atoms with Crippen molar-refractivity contribution >= 4 is 5.91 Å². The summed E-state index contributed by atoms with van der Waals surface area (Å²) in [6, 6.07) is -0.639. The van der Waals surface area contributed by atoms with Crippen LogP contribution in [0.2, 0.25) is 0 Å². The second-order valence-electron chi connectivity index (χ2n) is 11.2. The van der Waals surface area contributed by atoms with Gasteiger partial charge in [0.2, 0.25) is 5.91 Å². The Morgan fingerprint density at radius 3 is 1.49 bits per heavy atom. The molecule has 4 heteroatoms. The van der Waals surface area contributed by atoms with Crippen LogP contribution in [-0.4, -0.2) is 34.9 Å². The molecule has 0 heterocycles. The van der Waals surface area contributed by atoms with Gasteiger partial charge in [-0.05, 0) is 57.8 Å². The van der Waals surface area contributed by atoms with E-state index in [2.05, 4.69) is 43.5 Å². The van der Waals surface area contributed by atoms with E-state index in [9.17, 15) is 15.0 Å². The lowest BCUT2D eigenvalue weighted by atomic mass is 10.1. The average molecular weight is 548 g/mol. The third-order valence-corrected chi connectivity index (χ3v) is 7.35. The molecule has 2 unspecified atom stereocenters. The Hall–Kier alpha value is -1.39. The monoisotopic (exact) mass is 547 g/mol. The maximum Gasteiger partial charge on any atom is 0.220 e. The van der Waals surface area contributed by atoms with Gasteiger partial charge in [-0.15, -0.1) is 0 Å². The van der Waals surface area contributed by atoms with Crippen molar-refractivity contribution in [1.29, 1.82) is 0 Å².